The predicted molar refractivity (Wildman–Crippen MR) is 80.9 cm³/mol. The SMILES string of the molecule is CCCCC(CCC)NS(=O)(=O)c1cc(CO)ccc1F. The number of rotatable bonds is 9. The van der Waals surface area contributed by atoms with Crippen molar-refractivity contribution in [3.05, 3.63) is 29.6 Å². The molecule has 0 aliphatic carbocycles. The van der Waals surface area contributed by atoms with Crippen LogP contribution in [0, 0.1) is 5.82 Å². The summed E-state index contributed by atoms with van der Waals surface area (Å²) in [7, 11) is -3.91. The summed E-state index contributed by atoms with van der Waals surface area (Å²) < 4.78 is 41.1. The van der Waals surface area contributed by atoms with Crippen LogP contribution in [-0.2, 0) is 16.6 Å². The van der Waals surface area contributed by atoms with Crippen molar-refractivity contribution in [2.45, 2.75) is 63.5 Å². The smallest absolute Gasteiger partial charge is 0.243 e. The first-order valence-electron chi connectivity index (χ1n) is 7.36. The van der Waals surface area contributed by atoms with Crippen LogP contribution >= 0.6 is 0 Å². The van der Waals surface area contributed by atoms with Crippen LogP contribution in [0.25, 0.3) is 0 Å². The van der Waals surface area contributed by atoms with Gasteiger partial charge < -0.3 is 5.11 Å². The first-order chi connectivity index (χ1) is 9.94. The Morgan fingerprint density at radius 1 is 1.24 bits per heavy atom. The molecule has 6 heteroatoms. The molecule has 0 aliphatic heterocycles. The summed E-state index contributed by atoms with van der Waals surface area (Å²) in [6.45, 7) is 3.71. The zero-order chi connectivity index (χ0) is 15.9. The summed E-state index contributed by atoms with van der Waals surface area (Å²) in [5.74, 6) is -0.801. The molecule has 0 saturated carbocycles. The lowest BCUT2D eigenvalue weighted by Crippen LogP contribution is -2.35. The van der Waals surface area contributed by atoms with Crippen molar-refractivity contribution < 1.29 is 17.9 Å². The van der Waals surface area contributed by atoms with E-state index in [0.29, 0.717) is 5.56 Å². The second-order valence-corrected chi connectivity index (χ2v) is 6.85. The number of hydrogen-bond acceptors (Lipinski definition) is 3. The molecule has 4 nitrogen and oxygen atoms in total. The van der Waals surface area contributed by atoms with E-state index in [1.165, 1.54) is 12.1 Å². The molecule has 0 fully saturated rings. The van der Waals surface area contributed by atoms with Crippen molar-refractivity contribution in [2.75, 3.05) is 0 Å². The first kappa shape index (κ1) is 18.1. The van der Waals surface area contributed by atoms with Crippen molar-refractivity contribution in [2.24, 2.45) is 0 Å². The minimum atomic E-state index is -3.91. The Morgan fingerprint density at radius 3 is 2.52 bits per heavy atom. The Bertz CT molecular complexity index is 546. The second kappa shape index (κ2) is 8.46. The lowest BCUT2D eigenvalue weighted by Gasteiger charge is -2.18. The number of unbranched alkanes of at least 4 members (excludes halogenated alkanes) is 1. The van der Waals surface area contributed by atoms with Crippen LogP contribution in [0.5, 0.6) is 0 Å². The van der Waals surface area contributed by atoms with E-state index in [0.717, 1.165) is 38.2 Å². The number of hydrogen-bond donors (Lipinski definition) is 2. The third-order valence-corrected chi connectivity index (χ3v) is 4.87. The zero-order valence-corrected chi connectivity index (χ0v) is 13.4. The van der Waals surface area contributed by atoms with Gasteiger partial charge in [0, 0.05) is 6.04 Å². The summed E-state index contributed by atoms with van der Waals surface area (Å²) in [5, 5.41) is 9.06. The van der Waals surface area contributed by atoms with Crippen molar-refractivity contribution in [3.63, 3.8) is 0 Å². The summed E-state index contributed by atoms with van der Waals surface area (Å²) in [6, 6.07) is 3.44. The van der Waals surface area contributed by atoms with Gasteiger partial charge in [0.2, 0.25) is 10.0 Å². The molecule has 0 radical (unpaired) electrons. The second-order valence-electron chi connectivity index (χ2n) is 5.17. The van der Waals surface area contributed by atoms with Gasteiger partial charge in [-0.15, -0.1) is 0 Å². The van der Waals surface area contributed by atoms with Gasteiger partial charge in [0.1, 0.15) is 10.7 Å². The fraction of sp³-hybridized carbons (Fsp3) is 0.600. The van der Waals surface area contributed by atoms with Gasteiger partial charge in [-0.25, -0.2) is 17.5 Å². The van der Waals surface area contributed by atoms with Gasteiger partial charge in [-0.1, -0.05) is 39.2 Å². The Hall–Kier alpha value is -0.980. The highest BCUT2D eigenvalue weighted by Crippen LogP contribution is 2.18. The van der Waals surface area contributed by atoms with Crippen LogP contribution < -0.4 is 4.72 Å². The van der Waals surface area contributed by atoms with Crippen molar-refractivity contribution >= 4 is 10.0 Å². The molecule has 21 heavy (non-hydrogen) atoms. The summed E-state index contributed by atoms with van der Waals surface area (Å²) in [4.78, 5) is -0.397. The van der Waals surface area contributed by atoms with Crippen molar-refractivity contribution in [1.82, 2.24) is 4.72 Å². The highest BCUT2D eigenvalue weighted by Gasteiger charge is 2.23. The average molecular weight is 317 g/mol. The van der Waals surface area contributed by atoms with Gasteiger partial charge in [0.25, 0.3) is 0 Å². The lowest BCUT2D eigenvalue weighted by molar-refractivity contribution is 0.281. The number of benzene rings is 1. The normalized spacial score (nSPS) is 13.3. The molecule has 2 N–H and O–H groups in total. The fourth-order valence-electron chi connectivity index (χ4n) is 2.20. The van der Waals surface area contributed by atoms with Gasteiger partial charge in [-0.2, -0.15) is 0 Å². The van der Waals surface area contributed by atoms with Crippen LogP contribution in [0.1, 0.15) is 51.5 Å². The van der Waals surface area contributed by atoms with Crippen LogP contribution in [-0.4, -0.2) is 19.6 Å². The topological polar surface area (TPSA) is 66.4 Å². The van der Waals surface area contributed by atoms with Crippen LogP contribution in [0.3, 0.4) is 0 Å². The highest BCUT2D eigenvalue weighted by atomic mass is 32.2. The Kier molecular flexibility index (Phi) is 7.28. The van der Waals surface area contributed by atoms with Gasteiger partial charge in [-0.05, 0) is 30.5 Å². The maximum Gasteiger partial charge on any atom is 0.243 e. The molecule has 1 rings (SSSR count). The summed E-state index contributed by atoms with van der Waals surface area (Å²) >= 11 is 0. The standard InChI is InChI=1S/C15H24FNO3S/c1-3-5-7-13(6-4-2)17-21(19,20)15-10-12(11-18)8-9-14(15)16/h8-10,13,17-18H,3-7,11H2,1-2H3. The highest BCUT2D eigenvalue weighted by molar-refractivity contribution is 7.89. The van der Waals surface area contributed by atoms with Crippen molar-refractivity contribution in [3.8, 4) is 0 Å². The molecular weight excluding hydrogens is 293 g/mol. The molecule has 0 heterocycles. The van der Waals surface area contributed by atoms with E-state index in [-0.39, 0.29) is 12.6 Å². The molecule has 0 aromatic heterocycles. The number of aliphatic hydroxyl groups excluding tert-OH is 1. The molecule has 0 saturated heterocycles. The Balaban J connectivity index is 2.98. The molecule has 0 spiro atoms. The number of aliphatic hydroxyl groups is 1. The molecule has 0 bridgehead atoms. The van der Waals surface area contributed by atoms with E-state index in [2.05, 4.69) is 4.72 Å². The van der Waals surface area contributed by atoms with Crippen molar-refractivity contribution in [1.29, 1.82) is 0 Å². The molecule has 1 unspecified atom stereocenters. The summed E-state index contributed by atoms with van der Waals surface area (Å²) in [5.41, 5.74) is 0.373. The van der Waals surface area contributed by atoms with Gasteiger partial charge >= 0.3 is 0 Å². The number of halogens is 1. The molecule has 1 aromatic carbocycles. The van der Waals surface area contributed by atoms with Crippen LogP contribution in [0.2, 0.25) is 0 Å². The van der Waals surface area contributed by atoms with Gasteiger partial charge in [-0.3, -0.25) is 0 Å². The van der Waals surface area contributed by atoms with E-state index in [4.69, 9.17) is 5.11 Å². The summed E-state index contributed by atoms with van der Waals surface area (Å²) in [6.07, 6.45) is 4.23. The average Bonchev–Trinajstić information content (AvgIpc) is 2.45. The molecular formula is C15H24FNO3S. The van der Waals surface area contributed by atoms with E-state index >= 15 is 0 Å². The van der Waals surface area contributed by atoms with E-state index in [1.807, 2.05) is 13.8 Å². The first-order valence-corrected chi connectivity index (χ1v) is 8.84. The molecule has 120 valence electrons. The van der Waals surface area contributed by atoms with Crippen LogP contribution in [0.15, 0.2) is 23.1 Å². The number of sulfonamides is 1. The molecule has 0 amide bonds. The van der Waals surface area contributed by atoms with E-state index < -0.39 is 20.7 Å². The fourth-order valence-corrected chi connectivity index (χ4v) is 3.63. The third-order valence-electron chi connectivity index (χ3n) is 3.33. The third kappa shape index (κ3) is 5.37. The van der Waals surface area contributed by atoms with E-state index in [9.17, 15) is 12.8 Å². The zero-order valence-electron chi connectivity index (χ0n) is 12.6. The molecule has 0 aliphatic rings. The Labute approximate surface area is 126 Å². The monoisotopic (exact) mass is 317 g/mol. The van der Waals surface area contributed by atoms with Crippen LogP contribution in [0.4, 0.5) is 4.39 Å². The quantitative estimate of drug-likeness (QED) is 0.736. The van der Waals surface area contributed by atoms with Gasteiger partial charge in [0.15, 0.2) is 0 Å². The minimum absolute atomic E-state index is 0.183. The predicted octanol–water partition coefficient (Wildman–Crippen LogP) is 2.96. The number of nitrogens with one attached hydrogen (secondary N) is 1. The maximum absolute atomic E-state index is 13.8. The molecule has 1 aromatic rings. The molecule has 1 atom stereocenters. The Morgan fingerprint density at radius 2 is 1.95 bits per heavy atom. The lowest BCUT2D eigenvalue weighted by atomic mass is 10.1. The van der Waals surface area contributed by atoms with E-state index in [1.54, 1.807) is 0 Å². The largest absolute Gasteiger partial charge is 0.392 e. The maximum atomic E-state index is 13.8. The minimum Gasteiger partial charge on any atom is -0.392 e. The van der Waals surface area contributed by atoms with Gasteiger partial charge in [0.05, 0.1) is 6.61 Å².